The number of rotatable bonds is 5. The summed E-state index contributed by atoms with van der Waals surface area (Å²) in [4.78, 5) is 20.7. The number of nitrogens with one attached hydrogen (secondary N) is 2. The third-order valence-corrected chi connectivity index (χ3v) is 4.19. The molecule has 0 spiro atoms. The molecule has 1 aromatic carbocycles. The largest absolute Gasteiger partial charge is 0.350 e. The first-order valence-electron chi connectivity index (χ1n) is 8.33. The maximum absolute atomic E-state index is 12.9. The summed E-state index contributed by atoms with van der Waals surface area (Å²) in [5.74, 6) is -0.0406. The molecule has 1 fully saturated rings. The van der Waals surface area contributed by atoms with Gasteiger partial charge in [-0.25, -0.2) is 14.4 Å². The summed E-state index contributed by atoms with van der Waals surface area (Å²) in [6, 6.07) is 8.07. The number of aromatic nitrogens is 2. The predicted molar refractivity (Wildman–Crippen MR) is 90.1 cm³/mol. The fraction of sp³-hybridized carbons (Fsp3) is 0.389. The van der Waals surface area contributed by atoms with Gasteiger partial charge in [0, 0.05) is 18.8 Å². The molecule has 1 saturated carbocycles. The summed E-state index contributed by atoms with van der Waals surface area (Å²) in [5.41, 5.74) is 1.27. The van der Waals surface area contributed by atoms with Gasteiger partial charge in [-0.05, 0) is 36.6 Å². The van der Waals surface area contributed by atoms with Crippen LogP contribution < -0.4 is 10.6 Å². The van der Waals surface area contributed by atoms with E-state index in [1.165, 1.54) is 31.4 Å². The maximum atomic E-state index is 12.9. The molecule has 3 rings (SSSR count). The minimum absolute atomic E-state index is 0.158. The Morgan fingerprint density at radius 1 is 1.12 bits per heavy atom. The highest BCUT2D eigenvalue weighted by Gasteiger charge is 2.17. The van der Waals surface area contributed by atoms with E-state index in [0.717, 1.165) is 18.4 Å². The fourth-order valence-electron chi connectivity index (χ4n) is 2.86. The number of amides is 1. The topological polar surface area (TPSA) is 66.9 Å². The van der Waals surface area contributed by atoms with Gasteiger partial charge in [-0.15, -0.1) is 0 Å². The monoisotopic (exact) mass is 328 g/mol. The molecule has 5 nitrogen and oxygen atoms in total. The lowest BCUT2D eigenvalue weighted by molar-refractivity contribution is 0.0922. The van der Waals surface area contributed by atoms with E-state index in [-0.39, 0.29) is 17.8 Å². The van der Waals surface area contributed by atoms with Crippen LogP contribution in [-0.2, 0) is 6.54 Å². The average molecular weight is 328 g/mol. The van der Waals surface area contributed by atoms with Crippen molar-refractivity contribution in [1.29, 1.82) is 0 Å². The molecule has 0 aliphatic heterocycles. The van der Waals surface area contributed by atoms with Crippen molar-refractivity contribution in [2.75, 3.05) is 5.32 Å². The Bertz CT molecular complexity index is 684. The van der Waals surface area contributed by atoms with Crippen LogP contribution in [0.5, 0.6) is 0 Å². The van der Waals surface area contributed by atoms with Crippen molar-refractivity contribution in [3.63, 3.8) is 0 Å². The molecular formula is C18H21FN4O. The number of benzene rings is 1. The zero-order chi connectivity index (χ0) is 16.8. The molecule has 1 amide bonds. The second-order valence-electron chi connectivity index (χ2n) is 6.05. The van der Waals surface area contributed by atoms with Crippen LogP contribution in [0.15, 0.2) is 36.5 Å². The van der Waals surface area contributed by atoms with Crippen LogP contribution in [0.2, 0.25) is 0 Å². The first kappa shape index (κ1) is 16.4. The smallest absolute Gasteiger partial charge is 0.270 e. The van der Waals surface area contributed by atoms with E-state index in [1.54, 1.807) is 24.4 Å². The lowest BCUT2D eigenvalue weighted by Crippen LogP contribution is -2.36. The number of hydrogen-bond donors (Lipinski definition) is 2. The molecule has 1 aromatic heterocycles. The van der Waals surface area contributed by atoms with Gasteiger partial charge in [-0.3, -0.25) is 4.79 Å². The summed E-state index contributed by atoms with van der Waals surface area (Å²) < 4.78 is 12.9. The minimum Gasteiger partial charge on any atom is -0.350 e. The number of carbonyl (C=O) groups is 1. The summed E-state index contributed by atoms with van der Waals surface area (Å²) in [6.07, 6.45) is 7.21. The summed E-state index contributed by atoms with van der Waals surface area (Å²) in [6.45, 7) is 0.466. The molecule has 0 atom stereocenters. The van der Waals surface area contributed by atoms with Crippen LogP contribution >= 0.6 is 0 Å². The van der Waals surface area contributed by atoms with E-state index < -0.39 is 0 Å². The lowest BCUT2D eigenvalue weighted by Gasteiger charge is -2.22. The Morgan fingerprint density at radius 3 is 2.62 bits per heavy atom. The van der Waals surface area contributed by atoms with Crippen LogP contribution in [0.25, 0.3) is 0 Å². The van der Waals surface area contributed by atoms with Gasteiger partial charge in [0.25, 0.3) is 5.91 Å². The van der Waals surface area contributed by atoms with Gasteiger partial charge in [0.05, 0.1) is 0 Å². The minimum atomic E-state index is -0.267. The van der Waals surface area contributed by atoms with Gasteiger partial charge in [0.2, 0.25) is 5.95 Å². The first-order valence-corrected chi connectivity index (χ1v) is 8.33. The normalized spacial score (nSPS) is 15.0. The van der Waals surface area contributed by atoms with Gasteiger partial charge in [0.1, 0.15) is 11.5 Å². The van der Waals surface area contributed by atoms with Gasteiger partial charge in [0.15, 0.2) is 0 Å². The number of anilines is 1. The fourth-order valence-corrected chi connectivity index (χ4v) is 2.86. The van der Waals surface area contributed by atoms with Crippen LogP contribution in [0.4, 0.5) is 10.3 Å². The number of carbonyl (C=O) groups excluding carboxylic acids is 1. The van der Waals surface area contributed by atoms with Crippen molar-refractivity contribution < 1.29 is 9.18 Å². The highest BCUT2D eigenvalue weighted by atomic mass is 19.1. The molecule has 2 N–H and O–H groups in total. The van der Waals surface area contributed by atoms with Crippen LogP contribution in [0, 0.1) is 5.82 Å². The molecule has 24 heavy (non-hydrogen) atoms. The predicted octanol–water partition coefficient (Wildman–Crippen LogP) is 3.29. The van der Waals surface area contributed by atoms with Gasteiger partial charge in [-0.2, -0.15) is 0 Å². The SMILES string of the molecule is O=C(NC1CCCCC1)c1ccnc(NCc2ccc(F)cc2)n1. The number of nitrogens with zero attached hydrogens (tertiary/aromatic N) is 2. The second-order valence-corrected chi connectivity index (χ2v) is 6.05. The molecule has 0 saturated heterocycles. The van der Waals surface area contributed by atoms with Crippen LogP contribution in [-0.4, -0.2) is 21.9 Å². The van der Waals surface area contributed by atoms with Crippen molar-refractivity contribution in [1.82, 2.24) is 15.3 Å². The van der Waals surface area contributed by atoms with Crippen molar-refractivity contribution in [2.45, 2.75) is 44.7 Å². The maximum Gasteiger partial charge on any atom is 0.270 e. The number of halogens is 1. The molecule has 0 bridgehead atoms. The summed E-state index contributed by atoms with van der Waals surface area (Å²) in [7, 11) is 0. The zero-order valence-electron chi connectivity index (χ0n) is 13.5. The van der Waals surface area contributed by atoms with Gasteiger partial charge >= 0.3 is 0 Å². The standard InChI is InChI=1S/C18H21FN4O/c19-14-8-6-13(7-9-14)12-21-18-20-11-10-16(23-18)17(24)22-15-4-2-1-3-5-15/h6-11,15H,1-5,12H2,(H,22,24)(H,20,21,23). The molecule has 2 aromatic rings. The van der Waals surface area contributed by atoms with Crippen molar-refractivity contribution in [3.8, 4) is 0 Å². The molecule has 1 heterocycles. The van der Waals surface area contributed by atoms with E-state index in [9.17, 15) is 9.18 Å². The van der Waals surface area contributed by atoms with Gasteiger partial charge in [-0.1, -0.05) is 31.4 Å². The Morgan fingerprint density at radius 2 is 1.88 bits per heavy atom. The Labute approximate surface area is 140 Å². The third-order valence-electron chi connectivity index (χ3n) is 4.19. The number of hydrogen-bond acceptors (Lipinski definition) is 4. The Hall–Kier alpha value is -2.50. The first-order chi connectivity index (χ1) is 11.7. The van der Waals surface area contributed by atoms with Crippen molar-refractivity contribution >= 4 is 11.9 Å². The second kappa shape index (κ2) is 7.86. The van der Waals surface area contributed by atoms with Crippen LogP contribution in [0.3, 0.4) is 0 Å². The van der Waals surface area contributed by atoms with E-state index in [1.807, 2.05) is 0 Å². The van der Waals surface area contributed by atoms with Crippen molar-refractivity contribution in [2.24, 2.45) is 0 Å². The molecular weight excluding hydrogens is 307 g/mol. The molecule has 126 valence electrons. The average Bonchev–Trinajstić information content (AvgIpc) is 2.62. The summed E-state index contributed by atoms with van der Waals surface area (Å²) in [5, 5.41) is 6.10. The van der Waals surface area contributed by atoms with E-state index in [0.29, 0.717) is 18.2 Å². The van der Waals surface area contributed by atoms with E-state index in [2.05, 4.69) is 20.6 Å². The third kappa shape index (κ3) is 4.50. The molecule has 1 aliphatic carbocycles. The zero-order valence-corrected chi connectivity index (χ0v) is 13.5. The molecule has 0 radical (unpaired) electrons. The molecule has 0 unspecified atom stereocenters. The van der Waals surface area contributed by atoms with Crippen molar-refractivity contribution in [3.05, 3.63) is 53.6 Å². The lowest BCUT2D eigenvalue weighted by atomic mass is 9.95. The molecule has 6 heteroatoms. The summed E-state index contributed by atoms with van der Waals surface area (Å²) >= 11 is 0. The highest BCUT2D eigenvalue weighted by molar-refractivity contribution is 5.92. The quantitative estimate of drug-likeness (QED) is 0.884. The van der Waals surface area contributed by atoms with E-state index >= 15 is 0 Å². The highest BCUT2D eigenvalue weighted by Crippen LogP contribution is 2.17. The Kier molecular flexibility index (Phi) is 5.36. The van der Waals surface area contributed by atoms with Crippen LogP contribution in [0.1, 0.15) is 48.2 Å². The Balaban J connectivity index is 1.58. The van der Waals surface area contributed by atoms with Gasteiger partial charge < -0.3 is 10.6 Å². The molecule has 1 aliphatic rings. The van der Waals surface area contributed by atoms with E-state index in [4.69, 9.17) is 0 Å².